The smallest absolute Gasteiger partial charge is 0.315 e. The Kier molecular flexibility index (Phi) is 10.6. The third kappa shape index (κ3) is 11.6. The minimum absolute atomic E-state index is 0.0535. The predicted molar refractivity (Wildman–Crippen MR) is 75.1 cm³/mol. The summed E-state index contributed by atoms with van der Waals surface area (Å²) in [5.41, 5.74) is 0. The van der Waals surface area contributed by atoms with Crippen molar-refractivity contribution in [2.24, 2.45) is 0 Å². The Morgan fingerprint density at radius 3 is 2.50 bits per heavy atom. The highest BCUT2D eigenvalue weighted by Gasteiger charge is 2.09. The van der Waals surface area contributed by atoms with Gasteiger partial charge in [0.1, 0.15) is 0 Å². The van der Waals surface area contributed by atoms with E-state index in [1.54, 1.807) is 6.92 Å². The largest absolute Gasteiger partial charge is 0.481 e. The van der Waals surface area contributed by atoms with Gasteiger partial charge in [0.25, 0.3) is 0 Å². The number of carbonyl (C=O) groups is 2. The van der Waals surface area contributed by atoms with Crippen LogP contribution in [-0.4, -0.2) is 41.7 Å². The molecule has 106 valence electrons. The monoisotopic (exact) mass is 276 g/mol. The molecule has 0 aliphatic rings. The highest BCUT2D eigenvalue weighted by molar-refractivity contribution is 7.98. The third-order valence-corrected chi connectivity index (χ3v) is 3.12. The number of hydrogen-bond donors (Lipinski definition) is 3. The first-order chi connectivity index (χ1) is 8.56. The molecule has 3 N–H and O–H groups in total. The van der Waals surface area contributed by atoms with Gasteiger partial charge in [-0.25, -0.2) is 4.79 Å². The second-order valence-corrected chi connectivity index (χ2v) is 5.29. The van der Waals surface area contributed by atoms with E-state index in [1.807, 2.05) is 11.8 Å². The zero-order chi connectivity index (χ0) is 13.8. The van der Waals surface area contributed by atoms with E-state index in [4.69, 9.17) is 5.11 Å². The Bertz CT molecular complexity index is 249. The van der Waals surface area contributed by atoms with Crippen molar-refractivity contribution < 1.29 is 14.7 Å². The van der Waals surface area contributed by atoms with Crippen LogP contribution in [0.15, 0.2) is 0 Å². The van der Waals surface area contributed by atoms with Gasteiger partial charge in [0, 0.05) is 12.6 Å². The lowest BCUT2D eigenvalue weighted by atomic mass is 10.2. The zero-order valence-electron chi connectivity index (χ0n) is 11.2. The molecule has 0 heterocycles. The molecule has 0 spiro atoms. The van der Waals surface area contributed by atoms with E-state index in [-0.39, 0.29) is 18.5 Å². The molecule has 2 amide bonds. The number of unbranched alkanes of at least 4 members (excludes halogenated alkanes) is 3. The van der Waals surface area contributed by atoms with Gasteiger partial charge in [-0.15, -0.1) is 0 Å². The Morgan fingerprint density at radius 2 is 1.89 bits per heavy atom. The second kappa shape index (κ2) is 11.2. The third-order valence-electron chi connectivity index (χ3n) is 2.42. The lowest BCUT2D eigenvalue weighted by Crippen LogP contribution is -2.41. The van der Waals surface area contributed by atoms with Crippen LogP contribution in [0.3, 0.4) is 0 Å². The summed E-state index contributed by atoms with van der Waals surface area (Å²) >= 11 is 1.85. The quantitative estimate of drug-likeness (QED) is 0.534. The van der Waals surface area contributed by atoms with Crippen LogP contribution < -0.4 is 10.6 Å². The summed E-state index contributed by atoms with van der Waals surface area (Å²) in [6.45, 7) is 2.32. The Balaban J connectivity index is 3.39. The van der Waals surface area contributed by atoms with Crippen molar-refractivity contribution >= 4 is 23.8 Å². The van der Waals surface area contributed by atoms with Gasteiger partial charge in [0.2, 0.25) is 0 Å². The number of rotatable bonds is 10. The lowest BCUT2D eigenvalue weighted by molar-refractivity contribution is -0.137. The number of aliphatic carboxylic acids is 1. The van der Waals surface area contributed by atoms with Gasteiger partial charge in [-0.05, 0) is 31.8 Å². The van der Waals surface area contributed by atoms with Crippen molar-refractivity contribution in [3.05, 3.63) is 0 Å². The maximum atomic E-state index is 11.4. The molecule has 0 radical (unpaired) electrons. The van der Waals surface area contributed by atoms with Crippen molar-refractivity contribution in [2.45, 2.75) is 45.1 Å². The van der Waals surface area contributed by atoms with Gasteiger partial charge in [-0.3, -0.25) is 4.79 Å². The summed E-state index contributed by atoms with van der Waals surface area (Å²) in [7, 11) is 0. The standard InChI is InChI=1S/C12H24N2O3S/c1-10(9-11(15)16)14-12(17)13-7-5-3-4-6-8-18-2/h10H,3-9H2,1-2H3,(H,15,16)(H2,13,14,17). The van der Waals surface area contributed by atoms with Crippen LogP contribution >= 0.6 is 11.8 Å². The first-order valence-electron chi connectivity index (χ1n) is 6.31. The van der Waals surface area contributed by atoms with E-state index in [1.165, 1.54) is 18.6 Å². The first-order valence-corrected chi connectivity index (χ1v) is 7.70. The predicted octanol–water partition coefficient (Wildman–Crippen LogP) is 2.07. The van der Waals surface area contributed by atoms with E-state index in [9.17, 15) is 9.59 Å². The van der Waals surface area contributed by atoms with Gasteiger partial charge < -0.3 is 15.7 Å². The molecular formula is C12H24N2O3S. The van der Waals surface area contributed by atoms with Gasteiger partial charge in [-0.2, -0.15) is 11.8 Å². The Hall–Kier alpha value is -0.910. The summed E-state index contributed by atoms with van der Waals surface area (Å²) in [6, 6.07) is -0.628. The van der Waals surface area contributed by atoms with Crippen molar-refractivity contribution in [1.82, 2.24) is 10.6 Å². The Morgan fingerprint density at radius 1 is 1.22 bits per heavy atom. The number of urea groups is 1. The van der Waals surface area contributed by atoms with Gasteiger partial charge in [0.15, 0.2) is 0 Å². The normalized spacial score (nSPS) is 11.9. The number of nitrogens with one attached hydrogen (secondary N) is 2. The van der Waals surface area contributed by atoms with Crippen LogP contribution in [0.4, 0.5) is 4.79 Å². The molecule has 6 heteroatoms. The highest BCUT2D eigenvalue weighted by atomic mass is 32.2. The zero-order valence-corrected chi connectivity index (χ0v) is 12.0. The van der Waals surface area contributed by atoms with E-state index in [0.717, 1.165) is 12.8 Å². The molecule has 0 aliphatic carbocycles. The molecule has 0 aliphatic heterocycles. The van der Waals surface area contributed by atoms with Crippen LogP contribution in [0.1, 0.15) is 39.0 Å². The first kappa shape index (κ1) is 17.1. The molecule has 0 rings (SSSR count). The van der Waals surface area contributed by atoms with Crippen LogP contribution in [0.2, 0.25) is 0 Å². The SMILES string of the molecule is CSCCCCCCNC(=O)NC(C)CC(=O)O. The minimum Gasteiger partial charge on any atom is -0.481 e. The number of hydrogen-bond acceptors (Lipinski definition) is 3. The van der Waals surface area contributed by atoms with Crippen LogP contribution in [0.5, 0.6) is 0 Å². The fraction of sp³-hybridized carbons (Fsp3) is 0.833. The molecule has 0 saturated carbocycles. The molecule has 0 aromatic rings. The molecule has 1 unspecified atom stereocenters. The minimum atomic E-state index is -0.906. The summed E-state index contributed by atoms with van der Waals surface area (Å²) in [5.74, 6) is 0.289. The van der Waals surface area contributed by atoms with Gasteiger partial charge >= 0.3 is 12.0 Å². The number of carboxylic acids is 1. The average Bonchev–Trinajstić information content (AvgIpc) is 2.26. The fourth-order valence-corrected chi connectivity index (χ4v) is 2.01. The molecule has 0 fully saturated rings. The number of carbonyl (C=O) groups excluding carboxylic acids is 1. The molecule has 0 aromatic carbocycles. The molecule has 5 nitrogen and oxygen atoms in total. The summed E-state index contributed by atoms with van der Waals surface area (Å²) in [4.78, 5) is 21.8. The van der Waals surface area contributed by atoms with Crippen LogP contribution in [0.25, 0.3) is 0 Å². The van der Waals surface area contributed by atoms with Crippen LogP contribution in [-0.2, 0) is 4.79 Å². The molecule has 0 saturated heterocycles. The molecule has 18 heavy (non-hydrogen) atoms. The van der Waals surface area contributed by atoms with Crippen molar-refractivity contribution in [3.8, 4) is 0 Å². The summed E-state index contributed by atoms with van der Waals surface area (Å²) < 4.78 is 0. The molecule has 0 aromatic heterocycles. The average molecular weight is 276 g/mol. The maximum absolute atomic E-state index is 11.4. The number of amides is 2. The molecular weight excluding hydrogens is 252 g/mol. The Labute approximate surface area is 113 Å². The van der Waals surface area contributed by atoms with E-state index < -0.39 is 5.97 Å². The van der Waals surface area contributed by atoms with E-state index in [0.29, 0.717) is 6.54 Å². The fourth-order valence-electron chi connectivity index (χ4n) is 1.51. The van der Waals surface area contributed by atoms with E-state index in [2.05, 4.69) is 16.9 Å². The molecule has 0 bridgehead atoms. The maximum Gasteiger partial charge on any atom is 0.315 e. The van der Waals surface area contributed by atoms with Gasteiger partial charge in [0.05, 0.1) is 6.42 Å². The number of thioether (sulfide) groups is 1. The van der Waals surface area contributed by atoms with Crippen molar-refractivity contribution in [2.75, 3.05) is 18.6 Å². The molecule has 1 atom stereocenters. The van der Waals surface area contributed by atoms with E-state index >= 15 is 0 Å². The lowest BCUT2D eigenvalue weighted by Gasteiger charge is -2.12. The highest BCUT2D eigenvalue weighted by Crippen LogP contribution is 2.03. The van der Waals surface area contributed by atoms with Crippen molar-refractivity contribution in [3.63, 3.8) is 0 Å². The van der Waals surface area contributed by atoms with Gasteiger partial charge in [-0.1, -0.05) is 12.8 Å². The second-order valence-electron chi connectivity index (χ2n) is 4.31. The summed E-state index contributed by atoms with van der Waals surface area (Å²) in [5, 5.41) is 13.9. The topological polar surface area (TPSA) is 78.4 Å². The summed E-state index contributed by atoms with van der Waals surface area (Å²) in [6.07, 6.45) is 6.55. The number of carboxylic acid groups (broad SMARTS) is 1. The van der Waals surface area contributed by atoms with Crippen LogP contribution in [0, 0.1) is 0 Å². The van der Waals surface area contributed by atoms with Crippen molar-refractivity contribution in [1.29, 1.82) is 0 Å².